The molecule has 2 heterocycles. The molecule has 0 N–H and O–H groups in total. The van der Waals surface area contributed by atoms with Crippen LogP contribution in [0.1, 0.15) is 20.3 Å². The van der Waals surface area contributed by atoms with E-state index >= 15 is 0 Å². The van der Waals surface area contributed by atoms with Gasteiger partial charge in [0.25, 0.3) is 0 Å². The summed E-state index contributed by atoms with van der Waals surface area (Å²) in [6, 6.07) is 8.92. The van der Waals surface area contributed by atoms with Crippen molar-refractivity contribution in [1.82, 2.24) is 4.98 Å². The summed E-state index contributed by atoms with van der Waals surface area (Å²) in [4.78, 5) is 7.19. The van der Waals surface area contributed by atoms with Crippen LogP contribution in [0.3, 0.4) is 0 Å². The third-order valence-corrected chi connectivity index (χ3v) is 6.17. The van der Waals surface area contributed by atoms with E-state index < -0.39 is 0 Å². The minimum absolute atomic E-state index is 0.216. The van der Waals surface area contributed by atoms with Gasteiger partial charge >= 0.3 is 0 Å². The Morgan fingerprint density at radius 2 is 2.15 bits per heavy atom. The van der Waals surface area contributed by atoms with Gasteiger partial charge < -0.3 is 9.64 Å². The van der Waals surface area contributed by atoms with E-state index in [0.29, 0.717) is 18.1 Å². The number of thiazole rings is 1. The number of anilines is 1. The first-order chi connectivity index (χ1) is 9.59. The molecule has 2 aliphatic rings. The Balaban J connectivity index is 1.68. The standard InChI is InChI=1S/C16H20N2OS/c1-16(2)13(10-8-9-19-14(10)16)18(3)15-17-11-6-4-5-7-12(11)20-15/h4-7,10,13-14H,8-9H2,1-3H3. The normalized spacial score (nSPS) is 31.1. The van der Waals surface area contributed by atoms with Crippen LogP contribution in [0.4, 0.5) is 5.13 Å². The van der Waals surface area contributed by atoms with Gasteiger partial charge in [0.05, 0.1) is 16.3 Å². The number of para-hydroxylation sites is 1. The first kappa shape index (κ1) is 12.6. The Morgan fingerprint density at radius 3 is 2.95 bits per heavy atom. The lowest BCUT2D eigenvalue weighted by Gasteiger charge is -2.57. The summed E-state index contributed by atoms with van der Waals surface area (Å²) >= 11 is 1.79. The molecule has 0 spiro atoms. The van der Waals surface area contributed by atoms with E-state index in [1.807, 2.05) is 0 Å². The van der Waals surface area contributed by atoms with Crippen molar-refractivity contribution in [3.63, 3.8) is 0 Å². The van der Waals surface area contributed by atoms with Gasteiger partial charge in [-0.1, -0.05) is 37.3 Å². The minimum Gasteiger partial charge on any atom is -0.377 e. The molecule has 4 rings (SSSR count). The van der Waals surface area contributed by atoms with E-state index in [-0.39, 0.29) is 5.41 Å². The first-order valence-electron chi connectivity index (χ1n) is 7.29. The highest BCUT2D eigenvalue weighted by molar-refractivity contribution is 7.22. The van der Waals surface area contributed by atoms with Crippen LogP contribution < -0.4 is 4.90 Å². The lowest BCUT2D eigenvalue weighted by Crippen LogP contribution is -2.66. The van der Waals surface area contributed by atoms with Crippen LogP contribution >= 0.6 is 11.3 Å². The molecule has 2 aromatic rings. The van der Waals surface area contributed by atoms with E-state index in [1.54, 1.807) is 11.3 Å². The summed E-state index contributed by atoms with van der Waals surface area (Å²) in [5.74, 6) is 0.669. The Kier molecular flexibility index (Phi) is 2.63. The maximum Gasteiger partial charge on any atom is 0.186 e. The van der Waals surface area contributed by atoms with Crippen molar-refractivity contribution in [3.05, 3.63) is 24.3 Å². The summed E-state index contributed by atoms with van der Waals surface area (Å²) in [5.41, 5.74) is 1.32. The van der Waals surface area contributed by atoms with Crippen molar-refractivity contribution in [2.75, 3.05) is 18.6 Å². The molecule has 1 aromatic heterocycles. The van der Waals surface area contributed by atoms with Gasteiger partial charge in [-0.05, 0) is 18.6 Å². The highest BCUT2D eigenvalue weighted by Crippen LogP contribution is 2.55. The monoisotopic (exact) mass is 288 g/mol. The fourth-order valence-electron chi connectivity index (χ4n) is 4.21. The average molecular weight is 288 g/mol. The summed E-state index contributed by atoms with van der Waals surface area (Å²) in [6.45, 7) is 5.57. The summed E-state index contributed by atoms with van der Waals surface area (Å²) < 4.78 is 7.17. The van der Waals surface area contributed by atoms with Crippen LogP contribution in [0.5, 0.6) is 0 Å². The molecule has 0 bridgehead atoms. The van der Waals surface area contributed by atoms with Crippen molar-refractivity contribution in [3.8, 4) is 0 Å². The molecule has 4 heteroatoms. The van der Waals surface area contributed by atoms with Crippen molar-refractivity contribution in [1.29, 1.82) is 0 Å². The molecule has 1 aliphatic heterocycles. The number of rotatable bonds is 2. The SMILES string of the molecule is CN(c1nc2ccccc2s1)C1C2CCOC2C1(C)C. The Hall–Kier alpha value is -1.13. The molecule has 0 radical (unpaired) electrons. The van der Waals surface area contributed by atoms with E-state index in [2.05, 4.69) is 50.1 Å². The van der Waals surface area contributed by atoms with Gasteiger partial charge in [-0.3, -0.25) is 0 Å². The molecular formula is C16H20N2OS. The molecule has 1 aromatic carbocycles. The second-order valence-electron chi connectivity index (χ2n) is 6.59. The summed E-state index contributed by atoms with van der Waals surface area (Å²) in [7, 11) is 2.19. The Labute approximate surface area is 123 Å². The van der Waals surface area contributed by atoms with E-state index in [0.717, 1.165) is 17.3 Å². The third kappa shape index (κ3) is 1.58. The quantitative estimate of drug-likeness (QED) is 0.845. The smallest absolute Gasteiger partial charge is 0.186 e. The van der Waals surface area contributed by atoms with Crippen molar-refractivity contribution < 1.29 is 4.74 Å². The van der Waals surface area contributed by atoms with Gasteiger partial charge in [-0.25, -0.2) is 4.98 Å². The van der Waals surface area contributed by atoms with Crippen LogP contribution in [0.15, 0.2) is 24.3 Å². The molecule has 2 fully saturated rings. The minimum atomic E-state index is 0.216. The second-order valence-corrected chi connectivity index (χ2v) is 7.59. The van der Waals surface area contributed by atoms with Gasteiger partial charge in [0.15, 0.2) is 5.13 Å². The zero-order valence-corrected chi connectivity index (χ0v) is 13.0. The zero-order chi connectivity index (χ0) is 13.9. The molecule has 3 nitrogen and oxygen atoms in total. The molecular weight excluding hydrogens is 268 g/mol. The summed E-state index contributed by atoms with van der Waals surface area (Å²) in [6.07, 6.45) is 1.62. The molecule has 3 unspecified atom stereocenters. The van der Waals surface area contributed by atoms with Crippen LogP contribution in [0.2, 0.25) is 0 Å². The van der Waals surface area contributed by atoms with Gasteiger partial charge in [0.1, 0.15) is 0 Å². The number of ether oxygens (including phenoxy) is 1. The molecule has 1 aliphatic carbocycles. The lowest BCUT2D eigenvalue weighted by molar-refractivity contribution is -0.101. The van der Waals surface area contributed by atoms with Crippen molar-refractivity contribution in [2.24, 2.45) is 11.3 Å². The van der Waals surface area contributed by atoms with E-state index in [4.69, 9.17) is 9.72 Å². The topological polar surface area (TPSA) is 25.4 Å². The van der Waals surface area contributed by atoms with E-state index in [9.17, 15) is 0 Å². The Morgan fingerprint density at radius 1 is 1.35 bits per heavy atom. The van der Waals surface area contributed by atoms with Crippen LogP contribution in [0, 0.1) is 11.3 Å². The number of hydrogen-bond acceptors (Lipinski definition) is 4. The van der Waals surface area contributed by atoms with Crippen molar-refractivity contribution in [2.45, 2.75) is 32.4 Å². The van der Waals surface area contributed by atoms with Crippen LogP contribution in [-0.4, -0.2) is 30.8 Å². The predicted molar refractivity (Wildman–Crippen MR) is 83.4 cm³/mol. The summed E-state index contributed by atoms with van der Waals surface area (Å²) in [5, 5.41) is 1.13. The maximum atomic E-state index is 5.90. The molecule has 20 heavy (non-hydrogen) atoms. The fourth-order valence-corrected chi connectivity index (χ4v) is 5.18. The average Bonchev–Trinajstić information content (AvgIpc) is 3.02. The lowest BCUT2D eigenvalue weighted by atomic mass is 9.57. The van der Waals surface area contributed by atoms with Crippen molar-refractivity contribution >= 4 is 26.7 Å². The molecule has 3 atom stereocenters. The molecule has 106 valence electrons. The van der Waals surface area contributed by atoms with Crippen LogP contribution in [0.25, 0.3) is 10.2 Å². The second kappa shape index (κ2) is 4.18. The number of benzene rings is 1. The van der Waals surface area contributed by atoms with Gasteiger partial charge in [-0.2, -0.15) is 0 Å². The zero-order valence-electron chi connectivity index (χ0n) is 12.2. The highest BCUT2D eigenvalue weighted by atomic mass is 32.1. The molecule has 1 saturated carbocycles. The number of hydrogen-bond donors (Lipinski definition) is 0. The molecule has 1 saturated heterocycles. The van der Waals surface area contributed by atoms with Gasteiger partial charge in [0.2, 0.25) is 0 Å². The Bertz CT molecular complexity index is 618. The predicted octanol–water partition coefficient (Wildman–Crippen LogP) is 3.55. The fraction of sp³-hybridized carbons (Fsp3) is 0.562. The number of nitrogens with zero attached hydrogens (tertiary/aromatic N) is 2. The first-order valence-corrected chi connectivity index (χ1v) is 8.10. The largest absolute Gasteiger partial charge is 0.377 e. The third-order valence-electron chi connectivity index (χ3n) is 5.04. The van der Waals surface area contributed by atoms with E-state index in [1.165, 1.54) is 11.1 Å². The number of fused-ring (bicyclic) bond motifs is 2. The van der Waals surface area contributed by atoms with Gasteiger partial charge in [-0.15, -0.1) is 0 Å². The maximum absolute atomic E-state index is 5.90. The van der Waals surface area contributed by atoms with Crippen LogP contribution in [-0.2, 0) is 4.74 Å². The molecule has 0 amide bonds. The van der Waals surface area contributed by atoms with Gasteiger partial charge in [0, 0.05) is 31.0 Å². The number of aromatic nitrogens is 1. The highest BCUT2D eigenvalue weighted by Gasteiger charge is 2.61.